The summed E-state index contributed by atoms with van der Waals surface area (Å²) < 4.78 is 65.2. The van der Waals surface area contributed by atoms with Gasteiger partial charge < -0.3 is 9.11 Å². The molecule has 0 heterocycles. The molecule has 0 aliphatic rings. The van der Waals surface area contributed by atoms with Crippen molar-refractivity contribution in [1.82, 2.24) is 0 Å². The Kier molecular flexibility index (Phi) is 31.8. The molecule has 0 amide bonds. The van der Waals surface area contributed by atoms with Crippen LogP contribution >= 0.6 is 0 Å². The topological polar surface area (TPSA) is 114 Å². The van der Waals surface area contributed by atoms with E-state index in [9.17, 15) is 25.9 Å². The predicted molar refractivity (Wildman–Crippen MR) is 213 cm³/mol. The van der Waals surface area contributed by atoms with Crippen molar-refractivity contribution in [3.05, 3.63) is 59.7 Å². The van der Waals surface area contributed by atoms with Gasteiger partial charge in [-0.2, -0.15) is 0 Å². The number of hydrogen-bond acceptors (Lipinski definition) is 6. The fourth-order valence-corrected chi connectivity index (χ4v) is 7.28. The van der Waals surface area contributed by atoms with E-state index in [1.165, 1.54) is 178 Å². The Morgan fingerprint density at radius 1 is 0.353 bits per heavy atom. The summed E-state index contributed by atoms with van der Waals surface area (Å²) in [6.45, 7) is 4.52. The number of rotatable bonds is 30. The standard InChI is InChI=1S/2C21H36O3S.Mg/c2*1-2-3-4-5-6-7-8-9-10-11-12-13-14-15-20-16-18-21(19-17-20)25(22,23)24;/h2*16-19H,2-15H2,1H3,(H,22,23,24);/q;;+2/p-2. The molecule has 0 aliphatic heterocycles. The molecule has 0 bridgehead atoms. The van der Waals surface area contributed by atoms with Crippen LogP contribution in [0.3, 0.4) is 0 Å². The van der Waals surface area contributed by atoms with Crippen LogP contribution in [0.5, 0.6) is 0 Å². The van der Waals surface area contributed by atoms with Gasteiger partial charge in [0.1, 0.15) is 20.2 Å². The Balaban J connectivity index is 0.000000962. The van der Waals surface area contributed by atoms with E-state index < -0.39 is 20.2 Å². The first-order valence-electron chi connectivity index (χ1n) is 20.2. The van der Waals surface area contributed by atoms with E-state index in [2.05, 4.69) is 13.8 Å². The van der Waals surface area contributed by atoms with Crippen molar-refractivity contribution in [3.63, 3.8) is 0 Å². The molecule has 288 valence electrons. The van der Waals surface area contributed by atoms with E-state index in [4.69, 9.17) is 0 Å². The van der Waals surface area contributed by atoms with Gasteiger partial charge in [-0.3, -0.25) is 0 Å². The van der Waals surface area contributed by atoms with E-state index in [0.717, 1.165) is 36.8 Å². The van der Waals surface area contributed by atoms with Crippen LogP contribution in [0.25, 0.3) is 0 Å². The van der Waals surface area contributed by atoms with Gasteiger partial charge in [-0.15, -0.1) is 0 Å². The third kappa shape index (κ3) is 29.1. The molecule has 0 aromatic heterocycles. The van der Waals surface area contributed by atoms with E-state index in [1.54, 1.807) is 24.3 Å². The molecule has 51 heavy (non-hydrogen) atoms. The fourth-order valence-electron chi connectivity index (χ4n) is 6.34. The quantitative estimate of drug-likeness (QED) is 0.0445. The number of unbranched alkanes of at least 4 members (excludes halogenated alkanes) is 24. The van der Waals surface area contributed by atoms with Crippen molar-refractivity contribution in [3.8, 4) is 0 Å². The SMILES string of the molecule is CCCCCCCCCCCCCCCc1ccc(S(=O)(=O)[O-])cc1.CCCCCCCCCCCCCCCc1ccc(S(=O)(=O)[O-])cc1.[Mg+2]. The molecule has 0 unspecified atom stereocenters. The normalized spacial score (nSPS) is 11.5. The zero-order valence-electron chi connectivity index (χ0n) is 32.4. The first-order chi connectivity index (χ1) is 24.1. The fraction of sp³-hybridized carbons (Fsp3) is 0.714. The molecule has 9 heteroatoms. The molecular weight excluding hydrogens is 689 g/mol. The molecule has 2 aromatic rings. The summed E-state index contributed by atoms with van der Waals surface area (Å²) in [6, 6.07) is 12.7. The first-order valence-corrected chi connectivity index (χ1v) is 23.0. The maximum absolute atomic E-state index is 10.9. The maximum atomic E-state index is 10.9. The minimum Gasteiger partial charge on any atom is -0.744 e. The van der Waals surface area contributed by atoms with Gasteiger partial charge in [0.05, 0.1) is 9.79 Å². The average Bonchev–Trinajstić information content (AvgIpc) is 3.09. The Bertz CT molecular complexity index is 1180. The summed E-state index contributed by atoms with van der Waals surface area (Å²) in [7, 11) is -8.64. The molecule has 0 aliphatic carbocycles. The Morgan fingerprint density at radius 2 is 0.549 bits per heavy atom. The van der Waals surface area contributed by atoms with Crippen molar-refractivity contribution in [2.24, 2.45) is 0 Å². The third-order valence-corrected chi connectivity index (χ3v) is 11.3. The van der Waals surface area contributed by atoms with Gasteiger partial charge in [0, 0.05) is 0 Å². The van der Waals surface area contributed by atoms with Gasteiger partial charge in [-0.05, 0) is 61.1 Å². The van der Waals surface area contributed by atoms with Crippen molar-refractivity contribution < 1.29 is 25.9 Å². The van der Waals surface area contributed by atoms with Crippen molar-refractivity contribution in [2.45, 2.75) is 203 Å². The van der Waals surface area contributed by atoms with Crippen molar-refractivity contribution in [1.29, 1.82) is 0 Å². The van der Waals surface area contributed by atoms with Crippen LogP contribution < -0.4 is 0 Å². The summed E-state index contributed by atoms with van der Waals surface area (Å²) in [6.07, 6.45) is 36.7. The molecule has 0 fully saturated rings. The van der Waals surface area contributed by atoms with Crippen molar-refractivity contribution >= 4 is 43.3 Å². The van der Waals surface area contributed by atoms with E-state index in [0.29, 0.717) is 0 Å². The van der Waals surface area contributed by atoms with Crippen LogP contribution in [0.15, 0.2) is 58.3 Å². The zero-order valence-corrected chi connectivity index (χ0v) is 35.4. The van der Waals surface area contributed by atoms with E-state index in [1.807, 2.05) is 0 Å². The number of hydrogen-bond donors (Lipinski definition) is 0. The molecular formula is C42H70MgO6S2. The van der Waals surface area contributed by atoms with Crippen LogP contribution in [0, 0.1) is 0 Å². The Hall–Kier alpha value is -0.974. The average molecular weight is 759 g/mol. The van der Waals surface area contributed by atoms with Crippen LogP contribution in [0.4, 0.5) is 0 Å². The van der Waals surface area contributed by atoms with Gasteiger partial charge >= 0.3 is 23.1 Å². The summed E-state index contributed by atoms with van der Waals surface area (Å²) >= 11 is 0. The molecule has 6 nitrogen and oxygen atoms in total. The van der Waals surface area contributed by atoms with Gasteiger partial charge in [0.25, 0.3) is 0 Å². The molecule has 0 saturated carbocycles. The van der Waals surface area contributed by atoms with Gasteiger partial charge in [0.2, 0.25) is 0 Å². The molecule has 0 spiro atoms. The van der Waals surface area contributed by atoms with Crippen LogP contribution in [-0.4, -0.2) is 49.0 Å². The molecule has 0 radical (unpaired) electrons. The van der Waals surface area contributed by atoms with Crippen molar-refractivity contribution in [2.75, 3.05) is 0 Å². The molecule has 2 rings (SSSR count). The maximum Gasteiger partial charge on any atom is 2.00 e. The second-order valence-electron chi connectivity index (χ2n) is 14.2. The second kappa shape index (κ2) is 32.5. The summed E-state index contributed by atoms with van der Waals surface area (Å²) in [5.41, 5.74) is 2.21. The van der Waals surface area contributed by atoms with Gasteiger partial charge in [0.15, 0.2) is 0 Å². The Morgan fingerprint density at radius 3 is 0.745 bits per heavy atom. The minimum absolute atomic E-state index is 0. The zero-order chi connectivity index (χ0) is 36.8. The van der Waals surface area contributed by atoms with E-state index in [-0.39, 0.29) is 32.8 Å². The predicted octanol–water partition coefficient (Wildman–Crippen LogP) is 12.1. The number of aryl methyl sites for hydroxylation is 2. The van der Waals surface area contributed by atoms with Crippen LogP contribution in [-0.2, 0) is 33.1 Å². The first kappa shape index (κ1) is 50.0. The largest absolute Gasteiger partial charge is 2.00 e. The summed E-state index contributed by atoms with van der Waals surface area (Å²) in [5.74, 6) is 0. The Labute approximate surface area is 330 Å². The van der Waals surface area contributed by atoms with Crippen LogP contribution in [0.2, 0.25) is 0 Å². The smallest absolute Gasteiger partial charge is 0.744 e. The van der Waals surface area contributed by atoms with Gasteiger partial charge in [-0.25, -0.2) is 16.8 Å². The number of benzene rings is 2. The summed E-state index contributed by atoms with van der Waals surface area (Å²) in [4.78, 5) is -0.275. The minimum atomic E-state index is -4.32. The molecule has 0 atom stereocenters. The monoisotopic (exact) mass is 758 g/mol. The van der Waals surface area contributed by atoms with Gasteiger partial charge in [-0.1, -0.05) is 192 Å². The summed E-state index contributed by atoms with van der Waals surface area (Å²) in [5, 5.41) is 0. The molecule has 2 aromatic carbocycles. The second-order valence-corrected chi connectivity index (χ2v) is 16.9. The van der Waals surface area contributed by atoms with Crippen LogP contribution in [0.1, 0.15) is 192 Å². The molecule has 0 saturated heterocycles. The molecule has 0 N–H and O–H groups in total. The third-order valence-electron chi connectivity index (χ3n) is 9.56. The van der Waals surface area contributed by atoms with E-state index >= 15 is 0 Å².